The number of urea groups is 1. The molecule has 1 aromatic carbocycles. The molecule has 2 heterocycles. The molecule has 0 bridgehead atoms. The summed E-state index contributed by atoms with van der Waals surface area (Å²) in [4.78, 5) is 43.6. The van der Waals surface area contributed by atoms with Gasteiger partial charge in [0.2, 0.25) is 0 Å². The molecule has 1 aromatic heterocycles. The number of hydrogen-bond acceptors (Lipinski definition) is 6. The van der Waals surface area contributed by atoms with E-state index in [9.17, 15) is 18.8 Å². The number of halogens is 1. The van der Waals surface area contributed by atoms with Gasteiger partial charge in [-0.3, -0.25) is 10.1 Å². The summed E-state index contributed by atoms with van der Waals surface area (Å²) < 4.78 is 17.9. The average molecular weight is 421 g/mol. The summed E-state index contributed by atoms with van der Waals surface area (Å²) in [5.41, 5.74) is 0.646. The highest BCUT2D eigenvalue weighted by Gasteiger charge is 2.26. The fourth-order valence-electron chi connectivity index (χ4n) is 2.69. The number of amides is 4. The Hall–Kier alpha value is -3.21. The standard InChI is InChI=1S/C18H20FN5O4S/c1-2-28-18(27)24-9-7-23(8-10-24)15(25)14-11-29-17(21-14)22-16(26)20-13-5-3-12(19)4-6-13/h3-6,11H,2,7-10H2,1H3,(H2,20,21,22,26). The highest BCUT2D eigenvalue weighted by atomic mass is 32.1. The SMILES string of the molecule is CCOC(=O)N1CCN(C(=O)c2csc(NC(=O)Nc3ccc(F)cc3)n2)CC1. The van der Waals surface area contributed by atoms with Gasteiger partial charge >= 0.3 is 12.1 Å². The van der Waals surface area contributed by atoms with Gasteiger partial charge in [-0.25, -0.2) is 19.0 Å². The molecule has 0 saturated carbocycles. The predicted octanol–water partition coefficient (Wildman–Crippen LogP) is 2.84. The lowest BCUT2D eigenvalue weighted by Gasteiger charge is -2.33. The molecule has 2 aromatic rings. The summed E-state index contributed by atoms with van der Waals surface area (Å²) in [6.45, 7) is 3.58. The van der Waals surface area contributed by atoms with Crippen molar-refractivity contribution in [2.45, 2.75) is 6.92 Å². The van der Waals surface area contributed by atoms with Crippen LogP contribution >= 0.6 is 11.3 Å². The molecule has 2 N–H and O–H groups in total. The van der Waals surface area contributed by atoms with Gasteiger partial charge in [0.25, 0.3) is 5.91 Å². The van der Waals surface area contributed by atoms with Crippen molar-refractivity contribution < 1.29 is 23.5 Å². The first-order valence-corrected chi connectivity index (χ1v) is 9.84. The number of benzene rings is 1. The first-order valence-electron chi connectivity index (χ1n) is 8.96. The molecule has 0 radical (unpaired) electrons. The first kappa shape index (κ1) is 20.5. The van der Waals surface area contributed by atoms with Crippen LogP contribution in [0.15, 0.2) is 29.6 Å². The molecule has 154 valence electrons. The van der Waals surface area contributed by atoms with Crippen LogP contribution in [0.1, 0.15) is 17.4 Å². The minimum absolute atomic E-state index is 0.219. The molecule has 1 fully saturated rings. The van der Waals surface area contributed by atoms with Crippen LogP contribution in [0.2, 0.25) is 0 Å². The third-order valence-corrected chi connectivity index (χ3v) is 4.90. The molecular formula is C18H20FN5O4S. The monoisotopic (exact) mass is 421 g/mol. The van der Waals surface area contributed by atoms with E-state index in [1.165, 1.54) is 24.3 Å². The van der Waals surface area contributed by atoms with E-state index in [4.69, 9.17) is 4.74 Å². The van der Waals surface area contributed by atoms with Crippen molar-refractivity contribution in [3.05, 3.63) is 41.2 Å². The Morgan fingerprint density at radius 3 is 2.41 bits per heavy atom. The quantitative estimate of drug-likeness (QED) is 0.790. The van der Waals surface area contributed by atoms with Gasteiger partial charge in [0.15, 0.2) is 5.13 Å². The first-order chi connectivity index (χ1) is 14.0. The van der Waals surface area contributed by atoms with Crippen LogP contribution in [-0.2, 0) is 4.74 Å². The van der Waals surface area contributed by atoms with Crippen LogP contribution in [-0.4, -0.2) is 65.6 Å². The second kappa shape index (κ2) is 9.32. The number of hydrogen-bond donors (Lipinski definition) is 2. The molecule has 1 saturated heterocycles. The van der Waals surface area contributed by atoms with Crippen molar-refractivity contribution in [2.24, 2.45) is 0 Å². The van der Waals surface area contributed by atoms with E-state index in [1.807, 2.05) is 0 Å². The van der Waals surface area contributed by atoms with E-state index >= 15 is 0 Å². The number of carbonyl (C=O) groups excluding carboxylic acids is 3. The molecule has 0 aliphatic carbocycles. The zero-order valence-corrected chi connectivity index (χ0v) is 16.5. The van der Waals surface area contributed by atoms with Crippen LogP contribution in [0.25, 0.3) is 0 Å². The van der Waals surface area contributed by atoms with Crippen molar-refractivity contribution in [3.8, 4) is 0 Å². The normalized spacial score (nSPS) is 13.7. The van der Waals surface area contributed by atoms with E-state index in [0.717, 1.165) is 11.3 Å². The maximum absolute atomic E-state index is 12.9. The Morgan fingerprint density at radius 1 is 1.10 bits per heavy atom. The fraction of sp³-hybridized carbons (Fsp3) is 0.333. The van der Waals surface area contributed by atoms with Gasteiger partial charge in [0.05, 0.1) is 6.61 Å². The largest absolute Gasteiger partial charge is 0.450 e. The Labute approximate surface area is 170 Å². The van der Waals surface area contributed by atoms with Crippen molar-refractivity contribution in [1.82, 2.24) is 14.8 Å². The number of ether oxygens (including phenoxy) is 1. The number of thiazole rings is 1. The molecule has 4 amide bonds. The van der Waals surface area contributed by atoms with Gasteiger partial charge in [-0.15, -0.1) is 11.3 Å². The Kier molecular flexibility index (Phi) is 6.60. The maximum Gasteiger partial charge on any atom is 0.409 e. The number of anilines is 2. The molecule has 9 nitrogen and oxygen atoms in total. The number of nitrogens with zero attached hydrogens (tertiary/aromatic N) is 3. The molecule has 1 aliphatic rings. The van der Waals surface area contributed by atoms with Gasteiger partial charge in [0.1, 0.15) is 11.5 Å². The summed E-state index contributed by atoms with van der Waals surface area (Å²) >= 11 is 1.12. The number of carbonyl (C=O) groups is 3. The predicted molar refractivity (Wildman–Crippen MR) is 106 cm³/mol. The van der Waals surface area contributed by atoms with Gasteiger partial charge in [-0.2, -0.15) is 0 Å². The minimum Gasteiger partial charge on any atom is -0.450 e. The molecule has 3 rings (SSSR count). The molecule has 0 unspecified atom stereocenters. The average Bonchev–Trinajstić information content (AvgIpc) is 3.18. The third kappa shape index (κ3) is 5.41. The highest BCUT2D eigenvalue weighted by Crippen LogP contribution is 2.18. The van der Waals surface area contributed by atoms with E-state index in [0.29, 0.717) is 38.5 Å². The topological polar surface area (TPSA) is 104 Å². The maximum atomic E-state index is 12.9. The fourth-order valence-corrected chi connectivity index (χ4v) is 3.37. The lowest BCUT2D eigenvalue weighted by Crippen LogP contribution is -2.50. The van der Waals surface area contributed by atoms with Gasteiger partial charge in [-0.05, 0) is 31.2 Å². The third-order valence-electron chi connectivity index (χ3n) is 4.14. The zero-order chi connectivity index (χ0) is 20.8. The smallest absolute Gasteiger partial charge is 0.409 e. The lowest BCUT2D eigenvalue weighted by molar-refractivity contribution is 0.0566. The Balaban J connectivity index is 1.51. The van der Waals surface area contributed by atoms with Crippen molar-refractivity contribution >= 4 is 40.2 Å². The second-order valence-electron chi connectivity index (χ2n) is 6.10. The Morgan fingerprint density at radius 2 is 1.76 bits per heavy atom. The van der Waals surface area contributed by atoms with Gasteiger partial charge in [0, 0.05) is 37.2 Å². The molecule has 0 atom stereocenters. The summed E-state index contributed by atoms with van der Waals surface area (Å²) in [6.07, 6.45) is -0.382. The number of rotatable bonds is 4. The molecule has 1 aliphatic heterocycles. The molecule has 11 heteroatoms. The zero-order valence-electron chi connectivity index (χ0n) is 15.7. The van der Waals surface area contributed by atoms with Crippen LogP contribution in [0.5, 0.6) is 0 Å². The Bertz CT molecular complexity index is 881. The van der Waals surface area contributed by atoms with Crippen LogP contribution in [0.3, 0.4) is 0 Å². The van der Waals surface area contributed by atoms with Crippen molar-refractivity contribution in [3.63, 3.8) is 0 Å². The van der Waals surface area contributed by atoms with Crippen LogP contribution in [0.4, 0.5) is 24.8 Å². The van der Waals surface area contributed by atoms with E-state index in [1.54, 1.807) is 22.1 Å². The summed E-state index contributed by atoms with van der Waals surface area (Å²) in [5, 5.41) is 6.92. The number of piperazine rings is 1. The van der Waals surface area contributed by atoms with Crippen molar-refractivity contribution in [1.29, 1.82) is 0 Å². The van der Waals surface area contributed by atoms with Crippen LogP contribution in [0, 0.1) is 5.82 Å². The van der Waals surface area contributed by atoms with Gasteiger partial charge in [-0.1, -0.05) is 0 Å². The van der Waals surface area contributed by atoms with Crippen LogP contribution < -0.4 is 10.6 Å². The molecule has 29 heavy (non-hydrogen) atoms. The minimum atomic E-state index is -0.548. The lowest BCUT2D eigenvalue weighted by atomic mass is 10.3. The van der Waals surface area contributed by atoms with E-state index < -0.39 is 11.8 Å². The van der Waals surface area contributed by atoms with Crippen molar-refractivity contribution in [2.75, 3.05) is 43.4 Å². The summed E-state index contributed by atoms with van der Waals surface area (Å²) in [7, 11) is 0. The molecular weight excluding hydrogens is 401 g/mol. The van der Waals surface area contributed by atoms with E-state index in [-0.39, 0.29) is 22.8 Å². The molecule has 0 spiro atoms. The van der Waals surface area contributed by atoms with E-state index in [2.05, 4.69) is 15.6 Å². The number of aromatic nitrogens is 1. The highest BCUT2D eigenvalue weighted by molar-refractivity contribution is 7.14. The second-order valence-corrected chi connectivity index (χ2v) is 6.96. The summed E-state index contributed by atoms with van der Waals surface area (Å²) in [5.74, 6) is -0.668. The van der Waals surface area contributed by atoms with Gasteiger partial charge < -0.3 is 19.9 Å². The number of nitrogens with one attached hydrogen (secondary N) is 2. The summed E-state index contributed by atoms with van der Waals surface area (Å²) in [6, 6.07) is 4.78.